The molecule has 0 fully saturated rings. The number of aryl methyl sites for hydroxylation is 2. The predicted octanol–water partition coefficient (Wildman–Crippen LogP) is 2.40. The first-order valence-corrected chi connectivity index (χ1v) is 7.10. The Kier molecular flexibility index (Phi) is 5.53. The smallest absolute Gasteiger partial charge is 0.167 e. The van der Waals surface area contributed by atoms with Crippen LogP contribution in [-0.4, -0.2) is 26.8 Å². The summed E-state index contributed by atoms with van der Waals surface area (Å²) in [5.41, 5.74) is 1.68. The van der Waals surface area contributed by atoms with Gasteiger partial charge in [-0.15, -0.1) is 0 Å². The average molecular weight is 317 g/mol. The maximum atomic E-state index is 12.1. The minimum Gasteiger partial charge on any atom is -0.385 e. The van der Waals surface area contributed by atoms with Crippen LogP contribution < -0.4 is 0 Å². The molecule has 0 saturated carbocycles. The number of hydrogen-bond donors (Lipinski definition) is 1. The Morgan fingerprint density at radius 3 is 2.39 bits per heavy atom. The number of carbonyl (C=O) groups is 1. The zero-order valence-corrected chi connectivity index (χ0v) is 13.0. The van der Waals surface area contributed by atoms with Crippen LogP contribution in [0.5, 0.6) is 0 Å². The second-order valence-electron chi connectivity index (χ2n) is 4.63. The van der Waals surface area contributed by atoms with Gasteiger partial charge in [-0.2, -0.15) is 5.10 Å². The molecule has 1 rings (SSSR count). The van der Waals surface area contributed by atoms with E-state index in [0.29, 0.717) is 0 Å². The van der Waals surface area contributed by atoms with Crippen LogP contribution in [0.15, 0.2) is 4.47 Å². The van der Waals surface area contributed by atoms with E-state index in [4.69, 9.17) is 0 Å². The first kappa shape index (κ1) is 15.4. The van der Waals surface area contributed by atoms with Gasteiger partial charge in [0, 0.05) is 7.05 Å². The molecule has 0 aliphatic rings. The molecule has 0 spiro atoms. The summed E-state index contributed by atoms with van der Waals surface area (Å²) in [6.45, 7) is 5.87. The van der Waals surface area contributed by atoms with Crippen molar-refractivity contribution < 1.29 is 9.90 Å². The van der Waals surface area contributed by atoms with Crippen LogP contribution in [0.3, 0.4) is 0 Å². The van der Waals surface area contributed by atoms with E-state index in [1.54, 1.807) is 4.68 Å². The van der Waals surface area contributed by atoms with E-state index in [1.165, 1.54) is 0 Å². The minimum atomic E-state index is -0.873. The molecule has 1 heterocycles. The van der Waals surface area contributed by atoms with Crippen LogP contribution in [0.2, 0.25) is 0 Å². The Morgan fingerprint density at radius 1 is 1.44 bits per heavy atom. The van der Waals surface area contributed by atoms with Gasteiger partial charge in [0.25, 0.3) is 0 Å². The number of Topliss-reactive ketones (excluding diaryl/α,β-unsaturated/α-hetero) is 1. The zero-order valence-electron chi connectivity index (χ0n) is 11.4. The van der Waals surface area contributed by atoms with E-state index in [-0.39, 0.29) is 18.1 Å². The number of nitrogens with zero attached hydrogens (tertiary/aromatic N) is 2. The molecule has 1 aromatic rings. The highest BCUT2D eigenvalue weighted by Crippen LogP contribution is 2.22. The summed E-state index contributed by atoms with van der Waals surface area (Å²) in [6.07, 6.45) is 0.974. The van der Waals surface area contributed by atoms with Gasteiger partial charge in [-0.1, -0.05) is 26.7 Å². The Bertz CT molecular complexity index is 425. The lowest BCUT2D eigenvalue weighted by molar-refractivity contribution is -0.129. The number of ketones is 1. The molecule has 0 bridgehead atoms. The Hall–Kier alpha value is -0.680. The molecular formula is C13H21BrN2O2. The lowest BCUT2D eigenvalue weighted by Gasteiger charge is -2.18. The maximum Gasteiger partial charge on any atom is 0.167 e. The van der Waals surface area contributed by atoms with Crippen molar-refractivity contribution in [2.75, 3.05) is 0 Å². The molecule has 0 amide bonds. The monoisotopic (exact) mass is 316 g/mol. The fraction of sp³-hybridized carbons (Fsp3) is 0.692. The number of carbonyl (C=O) groups excluding carboxylic acids is 1. The van der Waals surface area contributed by atoms with Gasteiger partial charge in [0.2, 0.25) is 0 Å². The Labute approximate surface area is 117 Å². The van der Waals surface area contributed by atoms with Crippen LogP contribution >= 0.6 is 15.9 Å². The number of aromatic nitrogens is 2. The number of rotatable bonds is 6. The van der Waals surface area contributed by atoms with E-state index in [9.17, 15) is 9.90 Å². The molecule has 18 heavy (non-hydrogen) atoms. The highest BCUT2D eigenvalue weighted by Gasteiger charge is 2.25. The molecule has 1 unspecified atom stereocenters. The zero-order chi connectivity index (χ0) is 13.9. The van der Waals surface area contributed by atoms with Gasteiger partial charge >= 0.3 is 0 Å². The first-order chi connectivity index (χ1) is 8.42. The molecule has 0 aliphatic heterocycles. The standard InChI is InChI=1S/C13H21BrN2O2/c1-5-9(6-2)13(18)11(17)7-10-12(14)8(3)15-16(10)4/h9,13,18H,5-7H2,1-4H3. The van der Waals surface area contributed by atoms with E-state index < -0.39 is 6.10 Å². The molecule has 0 radical (unpaired) electrons. The van der Waals surface area contributed by atoms with Crippen molar-refractivity contribution >= 4 is 21.7 Å². The third kappa shape index (κ3) is 3.20. The summed E-state index contributed by atoms with van der Waals surface area (Å²) in [5.74, 6) is -0.0852. The summed E-state index contributed by atoms with van der Waals surface area (Å²) in [4.78, 5) is 12.1. The quantitative estimate of drug-likeness (QED) is 0.876. The molecule has 0 aromatic carbocycles. The van der Waals surface area contributed by atoms with E-state index in [1.807, 2.05) is 27.8 Å². The van der Waals surface area contributed by atoms with Gasteiger partial charge in [-0.25, -0.2) is 0 Å². The number of aliphatic hydroxyl groups excluding tert-OH is 1. The lowest BCUT2D eigenvalue weighted by atomic mass is 9.92. The summed E-state index contributed by atoms with van der Waals surface area (Å²) in [7, 11) is 1.81. The Morgan fingerprint density at radius 2 is 2.00 bits per heavy atom. The van der Waals surface area contributed by atoms with Crippen LogP contribution in [0.4, 0.5) is 0 Å². The van der Waals surface area contributed by atoms with Crippen molar-refractivity contribution in [1.29, 1.82) is 0 Å². The second-order valence-corrected chi connectivity index (χ2v) is 5.43. The summed E-state index contributed by atoms with van der Waals surface area (Å²) in [5, 5.41) is 14.3. The van der Waals surface area contributed by atoms with Gasteiger partial charge < -0.3 is 5.11 Å². The third-order valence-corrected chi connectivity index (χ3v) is 4.46. The fourth-order valence-electron chi connectivity index (χ4n) is 2.14. The average Bonchev–Trinajstić information content (AvgIpc) is 2.57. The third-order valence-electron chi connectivity index (χ3n) is 3.43. The van der Waals surface area contributed by atoms with Crippen LogP contribution in [0.25, 0.3) is 0 Å². The summed E-state index contributed by atoms with van der Waals surface area (Å²) in [6, 6.07) is 0. The van der Waals surface area contributed by atoms with Crippen LogP contribution in [-0.2, 0) is 18.3 Å². The second kappa shape index (κ2) is 6.48. The van der Waals surface area contributed by atoms with Crippen molar-refractivity contribution in [3.05, 3.63) is 15.9 Å². The molecule has 1 aromatic heterocycles. The normalized spacial score (nSPS) is 13.1. The molecule has 102 valence electrons. The van der Waals surface area contributed by atoms with Crippen LogP contribution in [0, 0.1) is 12.8 Å². The molecule has 5 heteroatoms. The summed E-state index contributed by atoms with van der Waals surface area (Å²) >= 11 is 3.43. The largest absolute Gasteiger partial charge is 0.385 e. The van der Waals surface area contributed by atoms with Crippen molar-refractivity contribution in [3.8, 4) is 0 Å². The van der Waals surface area contributed by atoms with Gasteiger partial charge in [0.05, 0.1) is 22.3 Å². The highest BCUT2D eigenvalue weighted by atomic mass is 79.9. The topological polar surface area (TPSA) is 55.1 Å². The van der Waals surface area contributed by atoms with Gasteiger partial charge in [-0.05, 0) is 28.8 Å². The molecule has 1 N–H and O–H groups in total. The molecular weight excluding hydrogens is 296 g/mol. The van der Waals surface area contributed by atoms with Crippen molar-refractivity contribution in [1.82, 2.24) is 9.78 Å². The van der Waals surface area contributed by atoms with E-state index >= 15 is 0 Å². The SMILES string of the molecule is CCC(CC)C(O)C(=O)Cc1c(Br)c(C)nn1C. The number of halogens is 1. The minimum absolute atomic E-state index is 0.0469. The molecule has 1 atom stereocenters. The van der Waals surface area contributed by atoms with Gasteiger partial charge in [0.15, 0.2) is 5.78 Å². The fourth-order valence-corrected chi connectivity index (χ4v) is 2.62. The van der Waals surface area contributed by atoms with Crippen molar-refractivity contribution in [2.45, 2.75) is 46.1 Å². The molecule has 0 aliphatic carbocycles. The lowest BCUT2D eigenvalue weighted by Crippen LogP contribution is -2.30. The van der Waals surface area contributed by atoms with E-state index in [2.05, 4.69) is 21.0 Å². The first-order valence-electron chi connectivity index (χ1n) is 6.31. The maximum absolute atomic E-state index is 12.1. The van der Waals surface area contributed by atoms with Crippen molar-refractivity contribution in [3.63, 3.8) is 0 Å². The predicted molar refractivity (Wildman–Crippen MR) is 74.4 cm³/mol. The van der Waals surface area contributed by atoms with Crippen LogP contribution in [0.1, 0.15) is 38.1 Å². The Balaban J connectivity index is 2.81. The highest BCUT2D eigenvalue weighted by molar-refractivity contribution is 9.10. The number of hydrogen-bond acceptors (Lipinski definition) is 3. The molecule has 0 saturated heterocycles. The number of aliphatic hydroxyl groups is 1. The van der Waals surface area contributed by atoms with Crippen molar-refractivity contribution in [2.24, 2.45) is 13.0 Å². The molecule has 4 nitrogen and oxygen atoms in total. The summed E-state index contributed by atoms with van der Waals surface area (Å²) < 4.78 is 2.55. The van der Waals surface area contributed by atoms with E-state index in [0.717, 1.165) is 28.7 Å². The van der Waals surface area contributed by atoms with Gasteiger partial charge in [-0.3, -0.25) is 9.48 Å². The van der Waals surface area contributed by atoms with Gasteiger partial charge in [0.1, 0.15) is 6.10 Å².